The molecule has 0 aliphatic rings. The van der Waals surface area contributed by atoms with Crippen molar-refractivity contribution in [1.29, 1.82) is 0 Å². The highest BCUT2D eigenvalue weighted by Gasteiger charge is 2.14. The summed E-state index contributed by atoms with van der Waals surface area (Å²) in [4.78, 5) is 0. The maximum atomic E-state index is 4.46. The van der Waals surface area contributed by atoms with E-state index < -0.39 is 0 Å². The summed E-state index contributed by atoms with van der Waals surface area (Å²) in [7, 11) is 0. The zero-order valence-corrected chi connectivity index (χ0v) is 21.6. The molecule has 4 aromatic carbocycles. The van der Waals surface area contributed by atoms with Crippen LogP contribution in [0.5, 0.6) is 0 Å². The first-order chi connectivity index (χ1) is 19.8. The molecule has 0 amide bonds. The smallest absolute Gasteiger partial charge is 0.140 e. The Hall–Kier alpha value is -5.72. The molecule has 2 heterocycles. The van der Waals surface area contributed by atoms with Crippen LogP contribution in [0.3, 0.4) is 0 Å². The number of rotatable bonds is 6. The van der Waals surface area contributed by atoms with Gasteiger partial charge in [0, 0.05) is 11.1 Å². The van der Waals surface area contributed by atoms with E-state index >= 15 is 0 Å². The van der Waals surface area contributed by atoms with Crippen LogP contribution in [0, 0.1) is 23.7 Å². The van der Waals surface area contributed by atoms with E-state index in [1.54, 1.807) is 0 Å². The van der Waals surface area contributed by atoms with Gasteiger partial charge in [-0.15, -0.1) is 10.2 Å². The minimum absolute atomic E-state index is 0.560. The van der Waals surface area contributed by atoms with E-state index in [1.807, 2.05) is 106 Å². The lowest BCUT2D eigenvalue weighted by atomic mass is 10.1. The minimum Gasteiger partial charge on any atom is -0.232 e. The molecule has 0 bridgehead atoms. The van der Waals surface area contributed by atoms with Gasteiger partial charge in [-0.25, -0.2) is 9.36 Å². The minimum atomic E-state index is 0.560. The average molecular weight is 517 g/mol. The fourth-order valence-corrected chi connectivity index (χ4v) is 4.37. The van der Waals surface area contributed by atoms with Gasteiger partial charge in [-0.2, -0.15) is 0 Å². The predicted molar refractivity (Wildman–Crippen MR) is 156 cm³/mol. The molecule has 0 aliphatic heterocycles. The van der Waals surface area contributed by atoms with Crippen molar-refractivity contribution < 1.29 is 0 Å². The van der Waals surface area contributed by atoms with Gasteiger partial charge in [0.1, 0.15) is 22.8 Å². The molecule has 190 valence electrons. The van der Waals surface area contributed by atoms with Crippen LogP contribution in [-0.2, 0) is 13.1 Å². The molecule has 6 heteroatoms. The molecule has 0 saturated carbocycles. The van der Waals surface area contributed by atoms with Crippen LogP contribution in [-0.4, -0.2) is 30.0 Å². The zero-order valence-electron chi connectivity index (χ0n) is 21.6. The van der Waals surface area contributed by atoms with Gasteiger partial charge >= 0.3 is 0 Å². The van der Waals surface area contributed by atoms with E-state index in [4.69, 9.17) is 0 Å². The van der Waals surface area contributed by atoms with Gasteiger partial charge in [-0.3, -0.25) is 0 Å². The topological polar surface area (TPSA) is 61.4 Å². The molecular formula is C34H24N6. The Morgan fingerprint density at radius 3 is 1.18 bits per heavy atom. The summed E-state index contributed by atoms with van der Waals surface area (Å²) >= 11 is 0. The second-order valence-electron chi connectivity index (χ2n) is 9.09. The Morgan fingerprint density at radius 2 is 0.800 bits per heavy atom. The predicted octanol–water partition coefficient (Wildman–Crippen LogP) is 5.70. The standard InChI is InChI=1S/C34H24N6/c1-5-15-27(16-6-1)25-39-31(33(35-37-39)29-19-9-3-10-20-29)23-13-14-24-32-34(30-21-11-4-12-22-30)36-38-40(32)26-28-17-7-2-8-18-28/h1-12,15-22H,25-26H2. The Morgan fingerprint density at radius 1 is 0.450 bits per heavy atom. The fraction of sp³-hybridized carbons (Fsp3) is 0.0588. The summed E-state index contributed by atoms with van der Waals surface area (Å²) in [6, 6.07) is 40.2. The third-order valence-corrected chi connectivity index (χ3v) is 6.34. The number of benzene rings is 4. The largest absolute Gasteiger partial charge is 0.232 e. The molecule has 0 atom stereocenters. The van der Waals surface area contributed by atoms with Crippen molar-refractivity contribution >= 4 is 0 Å². The zero-order chi connectivity index (χ0) is 27.0. The van der Waals surface area contributed by atoms with E-state index in [1.165, 1.54) is 0 Å². The SMILES string of the molecule is C(C#Cc1c(-c2ccccc2)nnn1Cc1ccccc1)#Cc1c(-c2ccccc2)nnn1Cc1ccccc1. The lowest BCUT2D eigenvalue weighted by Crippen LogP contribution is -2.05. The van der Waals surface area contributed by atoms with Crippen molar-refractivity contribution in [2.24, 2.45) is 0 Å². The molecule has 0 N–H and O–H groups in total. The van der Waals surface area contributed by atoms with Crippen LogP contribution >= 0.6 is 0 Å². The van der Waals surface area contributed by atoms with Gasteiger partial charge in [-0.05, 0) is 34.8 Å². The van der Waals surface area contributed by atoms with Crippen molar-refractivity contribution in [2.45, 2.75) is 13.1 Å². The lowest BCUT2D eigenvalue weighted by molar-refractivity contribution is 0.643. The Labute approximate surface area is 232 Å². The van der Waals surface area contributed by atoms with Crippen molar-refractivity contribution in [1.82, 2.24) is 30.0 Å². The van der Waals surface area contributed by atoms with Crippen LogP contribution in [0.4, 0.5) is 0 Å². The van der Waals surface area contributed by atoms with Gasteiger partial charge in [0.25, 0.3) is 0 Å². The quantitative estimate of drug-likeness (QED) is 0.266. The van der Waals surface area contributed by atoms with Crippen LogP contribution in [0.15, 0.2) is 121 Å². The van der Waals surface area contributed by atoms with Gasteiger partial charge in [0.2, 0.25) is 0 Å². The number of hydrogen-bond acceptors (Lipinski definition) is 4. The summed E-state index contributed by atoms with van der Waals surface area (Å²) in [6.45, 7) is 1.12. The third kappa shape index (κ3) is 5.57. The second kappa shape index (κ2) is 11.8. The number of hydrogen-bond donors (Lipinski definition) is 0. The molecular weight excluding hydrogens is 492 g/mol. The molecule has 6 aromatic rings. The normalized spacial score (nSPS) is 10.3. The summed E-state index contributed by atoms with van der Waals surface area (Å²) in [5, 5.41) is 17.8. The Balaban J connectivity index is 1.38. The number of nitrogens with zero attached hydrogens (tertiary/aromatic N) is 6. The van der Waals surface area contributed by atoms with Gasteiger partial charge in [-0.1, -0.05) is 132 Å². The Kier molecular flexibility index (Phi) is 7.24. The van der Waals surface area contributed by atoms with Crippen LogP contribution in [0.25, 0.3) is 22.5 Å². The molecule has 6 nitrogen and oxygen atoms in total. The van der Waals surface area contributed by atoms with Crippen molar-refractivity contribution in [3.8, 4) is 46.2 Å². The highest BCUT2D eigenvalue weighted by Crippen LogP contribution is 2.22. The van der Waals surface area contributed by atoms with Gasteiger partial charge in [0.05, 0.1) is 13.1 Å². The third-order valence-electron chi connectivity index (χ3n) is 6.34. The molecule has 6 rings (SSSR count). The van der Waals surface area contributed by atoms with Crippen molar-refractivity contribution in [3.05, 3.63) is 144 Å². The number of aromatic nitrogens is 6. The molecule has 0 radical (unpaired) electrons. The van der Waals surface area contributed by atoms with E-state index in [-0.39, 0.29) is 0 Å². The van der Waals surface area contributed by atoms with E-state index in [0.29, 0.717) is 24.5 Å². The molecule has 0 fully saturated rings. The summed E-state index contributed by atoms with van der Waals surface area (Å²) < 4.78 is 3.64. The lowest BCUT2D eigenvalue weighted by Gasteiger charge is -2.04. The molecule has 0 unspecified atom stereocenters. The van der Waals surface area contributed by atoms with Crippen LogP contribution in [0.2, 0.25) is 0 Å². The van der Waals surface area contributed by atoms with Crippen LogP contribution < -0.4 is 0 Å². The van der Waals surface area contributed by atoms with E-state index in [0.717, 1.165) is 33.6 Å². The maximum Gasteiger partial charge on any atom is 0.140 e. The Bertz CT molecular complexity index is 1690. The van der Waals surface area contributed by atoms with Gasteiger partial charge in [0.15, 0.2) is 0 Å². The highest BCUT2D eigenvalue weighted by atomic mass is 15.4. The molecule has 2 aromatic heterocycles. The maximum absolute atomic E-state index is 4.46. The monoisotopic (exact) mass is 516 g/mol. The molecule has 0 aliphatic carbocycles. The summed E-state index contributed by atoms with van der Waals surface area (Å²) in [5.74, 6) is 12.6. The average Bonchev–Trinajstić information content (AvgIpc) is 3.61. The van der Waals surface area contributed by atoms with Crippen LogP contribution in [0.1, 0.15) is 22.5 Å². The second-order valence-corrected chi connectivity index (χ2v) is 9.09. The van der Waals surface area contributed by atoms with Crippen molar-refractivity contribution in [2.75, 3.05) is 0 Å². The summed E-state index contributed by atoms with van der Waals surface area (Å²) in [5.41, 5.74) is 7.02. The highest BCUT2D eigenvalue weighted by molar-refractivity contribution is 5.67. The van der Waals surface area contributed by atoms with E-state index in [2.05, 4.69) is 68.6 Å². The van der Waals surface area contributed by atoms with E-state index in [9.17, 15) is 0 Å². The molecule has 40 heavy (non-hydrogen) atoms. The first-order valence-corrected chi connectivity index (χ1v) is 12.9. The molecule has 0 spiro atoms. The first kappa shape index (κ1) is 24.6. The molecule has 0 saturated heterocycles. The van der Waals surface area contributed by atoms with Gasteiger partial charge < -0.3 is 0 Å². The summed E-state index contributed by atoms with van der Waals surface area (Å²) in [6.07, 6.45) is 0. The van der Waals surface area contributed by atoms with Crippen molar-refractivity contribution in [3.63, 3.8) is 0 Å². The fourth-order valence-electron chi connectivity index (χ4n) is 4.37. The first-order valence-electron chi connectivity index (χ1n) is 12.9.